The maximum Gasteiger partial charge on any atom is 0.0541 e. The highest BCUT2D eigenvalue weighted by Gasteiger charge is 2.38. The van der Waals surface area contributed by atoms with Crippen LogP contribution in [0.2, 0.25) is 0 Å². The second-order valence-electron chi connectivity index (χ2n) is 17.7. The zero-order chi connectivity index (χ0) is 43.5. The van der Waals surface area contributed by atoms with Crippen molar-refractivity contribution in [3.05, 3.63) is 254 Å². The van der Waals surface area contributed by atoms with E-state index >= 15 is 0 Å². The zero-order valence-electron chi connectivity index (χ0n) is 36.5. The molecule has 0 spiro atoms. The van der Waals surface area contributed by atoms with E-state index in [9.17, 15) is 0 Å². The summed E-state index contributed by atoms with van der Waals surface area (Å²) in [5.41, 5.74) is 21.8. The first-order chi connectivity index (χ1) is 32.0. The Balaban J connectivity index is 0.957. The molecule has 2 nitrogen and oxygen atoms in total. The third-order valence-electron chi connectivity index (χ3n) is 13.6. The molecule has 1 aliphatic rings. The molecule has 1 heterocycles. The summed E-state index contributed by atoms with van der Waals surface area (Å²) in [5, 5.41) is 2.54. The van der Waals surface area contributed by atoms with Gasteiger partial charge >= 0.3 is 0 Å². The summed E-state index contributed by atoms with van der Waals surface area (Å²) >= 11 is 0. The van der Waals surface area contributed by atoms with Gasteiger partial charge in [-0.15, -0.1) is 0 Å². The van der Waals surface area contributed by atoms with Crippen LogP contribution in [0.4, 0.5) is 17.1 Å². The first-order valence-corrected chi connectivity index (χ1v) is 22.6. The molecule has 10 aromatic carbocycles. The Morgan fingerprint density at radius 3 is 1.20 bits per heavy atom. The normalized spacial score (nSPS) is 12.6. The molecule has 1 aromatic heterocycles. The number of rotatable bonds is 8. The van der Waals surface area contributed by atoms with Crippen LogP contribution in [-0.2, 0) is 5.41 Å². The number of hydrogen-bond acceptors (Lipinski definition) is 1. The Kier molecular flexibility index (Phi) is 9.21. The lowest BCUT2D eigenvalue weighted by molar-refractivity contribution is 0.660. The van der Waals surface area contributed by atoms with E-state index in [2.05, 4.69) is 266 Å². The van der Waals surface area contributed by atoms with Crippen molar-refractivity contribution in [2.24, 2.45) is 0 Å². The van der Waals surface area contributed by atoms with Crippen molar-refractivity contribution in [1.82, 2.24) is 4.57 Å². The summed E-state index contributed by atoms with van der Waals surface area (Å²) in [6, 6.07) is 88.7. The third-order valence-corrected chi connectivity index (χ3v) is 13.6. The largest absolute Gasteiger partial charge is 0.311 e. The van der Waals surface area contributed by atoms with Crippen molar-refractivity contribution >= 4 is 38.9 Å². The lowest BCUT2D eigenvalue weighted by Crippen LogP contribution is -2.14. The van der Waals surface area contributed by atoms with Gasteiger partial charge in [0.2, 0.25) is 0 Å². The molecule has 0 atom stereocenters. The van der Waals surface area contributed by atoms with Gasteiger partial charge in [-0.3, -0.25) is 0 Å². The van der Waals surface area contributed by atoms with Crippen molar-refractivity contribution in [1.29, 1.82) is 0 Å². The molecule has 0 aliphatic heterocycles. The summed E-state index contributed by atoms with van der Waals surface area (Å²) < 4.78 is 2.42. The van der Waals surface area contributed by atoms with Gasteiger partial charge in [0.05, 0.1) is 11.0 Å². The molecule has 11 aromatic rings. The van der Waals surface area contributed by atoms with Crippen LogP contribution < -0.4 is 4.90 Å². The highest BCUT2D eigenvalue weighted by molar-refractivity contribution is 6.09. The van der Waals surface area contributed by atoms with Crippen LogP contribution in [0.3, 0.4) is 0 Å². The van der Waals surface area contributed by atoms with Crippen LogP contribution in [0.15, 0.2) is 243 Å². The molecule has 0 saturated carbocycles. The predicted molar refractivity (Wildman–Crippen MR) is 275 cm³/mol. The third kappa shape index (κ3) is 6.49. The Bertz CT molecular complexity index is 3390. The van der Waals surface area contributed by atoms with Crippen molar-refractivity contribution in [2.45, 2.75) is 19.3 Å². The van der Waals surface area contributed by atoms with Crippen molar-refractivity contribution in [3.8, 4) is 61.3 Å². The number of aromatic nitrogens is 1. The molecule has 2 heteroatoms. The highest BCUT2D eigenvalue weighted by atomic mass is 15.1. The van der Waals surface area contributed by atoms with Gasteiger partial charge in [-0.2, -0.15) is 0 Å². The van der Waals surface area contributed by atoms with E-state index in [4.69, 9.17) is 0 Å². The molecule has 0 radical (unpaired) electrons. The molecule has 0 bridgehead atoms. The van der Waals surface area contributed by atoms with Crippen molar-refractivity contribution in [2.75, 3.05) is 4.90 Å². The fraction of sp³-hybridized carbons (Fsp3) is 0.0476. The molecule has 65 heavy (non-hydrogen) atoms. The topological polar surface area (TPSA) is 8.17 Å². The van der Waals surface area contributed by atoms with E-state index in [0.29, 0.717) is 0 Å². The summed E-state index contributed by atoms with van der Waals surface area (Å²) in [6.45, 7) is 4.76. The van der Waals surface area contributed by atoms with Gasteiger partial charge in [-0.05, 0) is 127 Å². The molecule has 0 N–H and O–H groups in total. The van der Waals surface area contributed by atoms with Crippen molar-refractivity contribution in [3.63, 3.8) is 0 Å². The summed E-state index contributed by atoms with van der Waals surface area (Å²) in [5.74, 6) is 0. The van der Waals surface area contributed by atoms with Crippen LogP contribution in [0, 0.1) is 0 Å². The average molecular weight is 831 g/mol. The quantitative estimate of drug-likeness (QED) is 0.148. The molecule has 0 fully saturated rings. The van der Waals surface area contributed by atoms with E-state index in [1.807, 2.05) is 0 Å². The van der Waals surface area contributed by atoms with Crippen molar-refractivity contribution < 1.29 is 0 Å². The Morgan fingerprint density at radius 1 is 0.323 bits per heavy atom. The van der Waals surface area contributed by atoms with Crippen LogP contribution in [-0.4, -0.2) is 4.57 Å². The monoisotopic (exact) mass is 830 g/mol. The second kappa shape index (κ2) is 15.6. The SMILES string of the molecule is CC1(C)c2cccc(-c3ccc(N(c4ccc(-c5ccccc5)cc4)c4ccc(-c5ccccc5)cc4)cc3)c2-c2c(-c3cccc(-n4c5ccccc5c5ccccc54)c3)cccc21. The summed E-state index contributed by atoms with van der Waals surface area (Å²) in [7, 11) is 0. The molecule has 308 valence electrons. The van der Waals surface area contributed by atoms with Gasteiger partial charge in [-0.25, -0.2) is 0 Å². The first-order valence-electron chi connectivity index (χ1n) is 22.6. The van der Waals surface area contributed by atoms with Crippen LogP contribution in [0.5, 0.6) is 0 Å². The highest BCUT2D eigenvalue weighted by Crippen LogP contribution is 2.55. The van der Waals surface area contributed by atoms with E-state index in [0.717, 1.165) is 22.7 Å². The van der Waals surface area contributed by atoms with Gasteiger partial charge in [0, 0.05) is 38.9 Å². The number of benzene rings is 10. The van der Waals surface area contributed by atoms with Crippen LogP contribution in [0.1, 0.15) is 25.0 Å². The Morgan fingerprint density at radius 2 is 0.708 bits per heavy atom. The van der Waals surface area contributed by atoms with E-state index in [1.54, 1.807) is 0 Å². The summed E-state index contributed by atoms with van der Waals surface area (Å²) in [6.07, 6.45) is 0. The van der Waals surface area contributed by atoms with Gasteiger partial charge in [-0.1, -0.05) is 196 Å². The number of anilines is 3. The fourth-order valence-corrected chi connectivity index (χ4v) is 10.4. The molecular formula is C63H46N2. The summed E-state index contributed by atoms with van der Waals surface area (Å²) in [4.78, 5) is 2.36. The van der Waals surface area contributed by atoms with E-state index < -0.39 is 0 Å². The van der Waals surface area contributed by atoms with Crippen LogP contribution in [0.25, 0.3) is 83.1 Å². The molecular weight excluding hydrogens is 785 g/mol. The smallest absolute Gasteiger partial charge is 0.0541 e. The predicted octanol–water partition coefficient (Wildman–Crippen LogP) is 17.2. The molecule has 1 aliphatic carbocycles. The van der Waals surface area contributed by atoms with Gasteiger partial charge in [0.15, 0.2) is 0 Å². The second-order valence-corrected chi connectivity index (χ2v) is 17.7. The van der Waals surface area contributed by atoms with Gasteiger partial charge in [0.1, 0.15) is 0 Å². The minimum atomic E-state index is -0.171. The molecule has 0 saturated heterocycles. The maximum atomic E-state index is 2.42. The zero-order valence-corrected chi connectivity index (χ0v) is 36.5. The number of hydrogen-bond donors (Lipinski definition) is 0. The lowest BCUT2D eigenvalue weighted by atomic mass is 9.81. The number of para-hydroxylation sites is 2. The average Bonchev–Trinajstić information content (AvgIpc) is 3.84. The van der Waals surface area contributed by atoms with E-state index in [-0.39, 0.29) is 5.41 Å². The lowest BCUT2D eigenvalue weighted by Gasteiger charge is -2.26. The first kappa shape index (κ1) is 38.5. The van der Waals surface area contributed by atoms with Gasteiger partial charge < -0.3 is 9.47 Å². The maximum absolute atomic E-state index is 2.42. The molecule has 12 rings (SSSR count). The minimum Gasteiger partial charge on any atom is -0.311 e. The Labute approximate surface area is 381 Å². The standard InChI is InChI=1S/C63H46N2/c1-63(2)57-26-14-24-53(61(57)62-54(25-15-27-58(62)63)48-20-13-21-52(42-48)65-59-28-11-9-22-55(59)56-23-10-12-29-60(56)65)47-34-40-51(41-35-47)64(49-36-30-45(31-37-49)43-16-5-3-6-17-43)50-38-32-46(33-39-50)44-18-7-4-8-19-44/h3-42H,1-2H3. The van der Waals surface area contributed by atoms with Gasteiger partial charge in [0.25, 0.3) is 0 Å². The minimum absolute atomic E-state index is 0.171. The molecule has 0 amide bonds. The van der Waals surface area contributed by atoms with E-state index in [1.165, 1.54) is 88.6 Å². The number of fused-ring (bicyclic) bond motifs is 6. The fourth-order valence-electron chi connectivity index (χ4n) is 10.4. The van der Waals surface area contributed by atoms with Crippen LogP contribution >= 0.6 is 0 Å². The Hall–Kier alpha value is -8.20. The molecule has 0 unspecified atom stereocenters. The number of nitrogens with zero attached hydrogens (tertiary/aromatic N) is 2.